The average molecular weight is 731 g/mol. The molecule has 3 aromatic heterocycles. The summed E-state index contributed by atoms with van der Waals surface area (Å²) in [6.45, 7) is 0. The zero-order chi connectivity index (χ0) is 39.6. The quantitative estimate of drug-likeness (QED) is 0.172. The van der Waals surface area contributed by atoms with Gasteiger partial charge < -0.3 is 23.9 Å². The van der Waals surface area contributed by atoms with Crippen LogP contribution in [0.25, 0.3) is 93.6 Å². The third-order valence-corrected chi connectivity index (χ3v) is 11.7. The van der Waals surface area contributed by atoms with E-state index in [2.05, 4.69) is 81.9 Å². The minimum absolute atomic E-state index is 0.0115. The standard InChI is InChI=1S/C48H26B5N3O2/c49-40-38-39-46(56(28-16-8-3-9-17-28)45(38)44(53)43(52)42(40)51)48(58)41(50)37(47(39)57)25-20-21-34-30(22-25)32-23-31-29-18-10-11-19-33(29)54(26-12-4-1-5-13-26)35(31)24-36(32)55(34)27-14-6-2-7-15-27/h1-24,57-58H. The maximum Gasteiger partial charge on any atom is 0.134 e. The van der Waals surface area contributed by atoms with Gasteiger partial charge in [-0.1, -0.05) is 89.8 Å². The van der Waals surface area contributed by atoms with E-state index in [-0.39, 0.29) is 55.3 Å². The third-order valence-electron chi connectivity index (χ3n) is 11.7. The third kappa shape index (κ3) is 4.60. The van der Waals surface area contributed by atoms with Crippen LogP contribution in [0.15, 0.2) is 146 Å². The topological polar surface area (TPSA) is 55.2 Å². The van der Waals surface area contributed by atoms with Crippen molar-refractivity contribution >= 4 is 132 Å². The van der Waals surface area contributed by atoms with Gasteiger partial charge in [0.2, 0.25) is 0 Å². The first-order valence-electron chi connectivity index (χ1n) is 18.9. The highest BCUT2D eigenvalue weighted by atomic mass is 16.3. The second-order valence-corrected chi connectivity index (χ2v) is 14.7. The Kier molecular flexibility index (Phi) is 7.43. The number of nitrogens with zero attached hydrogens (tertiary/aromatic N) is 3. The molecule has 8 aromatic carbocycles. The highest BCUT2D eigenvalue weighted by Gasteiger charge is 2.28. The van der Waals surface area contributed by atoms with Crippen LogP contribution < -0.4 is 27.3 Å². The van der Waals surface area contributed by atoms with Crippen molar-refractivity contribution in [2.24, 2.45) is 0 Å². The summed E-state index contributed by atoms with van der Waals surface area (Å²) >= 11 is 0. The molecule has 0 amide bonds. The molecule has 10 heteroatoms. The number of fused-ring (bicyclic) bond motifs is 9. The predicted octanol–water partition coefficient (Wildman–Crippen LogP) is 6.03. The number of aromatic hydroxyl groups is 2. The van der Waals surface area contributed by atoms with Crippen LogP contribution in [0.5, 0.6) is 11.5 Å². The normalized spacial score (nSPS) is 11.9. The number of phenolic OH excluding ortho intramolecular Hbond substituents is 2. The summed E-state index contributed by atoms with van der Waals surface area (Å²) in [5.41, 5.74) is 8.79. The second kappa shape index (κ2) is 12.5. The van der Waals surface area contributed by atoms with Gasteiger partial charge in [0.15, 0.2) is 0 Å². The van der Waals surface area contributed by atoms with Gasteiger partial charge in [-0.25, -0.2) is 0 Å². The second-order valence-electron chi connectivity index (χ2n) is 14.7. The fraction of sp³-hybridized carbons (Fsp3) is 0. The van der Waals surface area contributed by atoms with Crippen LogP contribution in [0.3, 0.4) is 0 Å². The SMILES string of the molecule is [B]c1c([B])c([B])c2c(c1[B])c1c(O)c(-c3ccc4c(c3)c3cc5c6ccccc6n(-c6ccccc6)c5cc3n4-c3ccccc3)c([B])c(O)c1n2-c1ccccc1. The highest BCUT2D eigenvalue weighted by molar-refractivity contribution is 6.67. The van der Waals surface area contributed by atoms with Crippen LogP contribution in [-0.2, 0) is 0 Å². The summed E-state index contributed by atoms with van der Waals surface area (Å²) in [7, 11) is 33.1. The van der Waals surface area contributed by atoms with E-state index in [0.717, 1.165) is 55.0 Å². The number of para-hydroxylation sites is 4. The van der Waals surface area contributed by atoms with Crippen LogP contribution in [0.4, 0.5) is 0 Å². The molecule has 11 rings (SSSR count). The largest absolute Gasteiger partial charge is 0.507 e. The molecule has 10 radical (unpaired) electrons. The van der Waals surface area contributed by atoms with E-state index in [0.29, 0.717) is 22.2 Å². The zero-order valence-electron chi connectivity index (χ0n) is 31.0. The molecule has 260 valence electrons. The molecule has 11 aromatic rings. The van der Waals surface area contributed by atoms with E-state index >= 15 is 0 Å². The number of phenols is 2. The van der Waals surface area contributed by atoms with E-state index in [4.69, 9.17) is 39.2 Å². The summed E-state index contributed by atoms with van der Waals surface area (Å²) in [4.78, 5) is 0. The molecule has 0 fully saturated rings. The Hall–Kier alpha value is -6.92. The molecular weight excluding hydrogens is 705 g/mol. The monoisotopic (exact) mass is 731 g/mol. The lowest BCUT2D eigenvalue weighted by Crippen LogP contribution is -2.48. The Morgan fingerprint density at radius 2 is 0.845 bits per heavy atom. The molecule has 0 aliphatic carbocycles. The van der Waals surface area contributed by atoms with Crippen molar-refractivity contribution in [3.8, 4) is 39.7 Å². The summed E-state index contributed by atoms with van der Waals surface area (Å²) < 4.78 is 6.29. The van der Waals surface area contributed by atoms with Gasteiger partial charge in [-0.2, -0.15) is 0 Å². The number of hydrogen-bond donors (Lipinski definition) is 2. The molecule has 0 spiro atoms. The minimum atomic E-state index is -0.249. The van der Waals surface area contributed by atoms with E-state index in [9.17, 15) is 10.2 Å². The zero-order valence-corrected chi connectivity index (χ0v) is 31.0. The lowest BCUT2D eigenvalue weighted by molar-refractivity contribution is 0.473. The van der Waals surface area contributed by atoms with E-state index in [1.165, 1.54) is 0 Å². The summed E-state index contributed by atoms with van der Waals surface area (Å²) in [6.07, 6.45) is 0. The number of benzene rings is 8. The van der Waals surface area contributed by atoms with Gasteiger partial charge in [-0.15, -0.1) is 10.9 Å². The van der Waals surface area contributed by atoms with Crippen molar-refractivity contribution in [2.75, 3.05) is 0 Å². The number of hydrogen-bond acceptors (Lipinski definition) is 2. The van der Waals surface area contributed by atoms with Crippen LogP contribution in [0, 0.1) is 0 Å². The van der Waals surface area contributed by atoms with E-state index < -0.39 is 0 Å². The first kappa shape index (κ1) is 34.3. The lowest BCUT2D eigenvalue weighted by Gasteiger charge is -2.16. The summed E-state index contributed by atoms with van der Waals surface area (Å²) in [5.74, 6) is -0.430. The van der Waals surface area contributed by atoms with Crippen LogP contribution >= 0.6 is 0 Å². The molecule has 0 aliphatic heterocycles. The maximum atomic E-state index is 12.5. The molecule has 0 saturated heterocycles. The fourth-order valence-electron chi connectivity index (χ4n) is 9.07. The van der Waals surface area contributed by atoms with E-state index in [1.807, 2.05) is 72.8 Å². The molecule has 2 N–H and O–H groups in total. The Balaban J connectivity index is 1.26. The van der Waals surface area contributed by atoms with Gasteiger partial charge in [-0.3, -0.25) is 0 Å². The van der Waals surface area contributed by atoms with Crippen molar-refractivity contribution < 1.29 is 10.2 Å². The molecular formula is C48H26B5N3O2. The van der Waals surface area contributed by atoms with Gasteiger partial charge in [0.05, 0.1) is 33.0 Å². The molecule has 0 atom stereocenters. The Morgan fingerprint density at radius 1 is 0.345 bits per heavy atom. The fourth-order valence-corrected chi connectivity index (χ4v) is 9.07. The molecule has 0 aliphatic rings. The van der Waals surface area contributed by atoms with Crippen molar-refractivity contribution in [3.63, 3.8) is 0 Å². The predicted molar refractivity (Wildman–Crippen MR) is 245 cm³/mol. The van der Waals surface area contributed by atoms with Crippen molar-refractivity contribution in [1.82, 2.24) is 13.7 Å². The summed E-state index contributed by atoms with van der Waals surface area (Å²) in [6, 6.07) is 48.9. The smallest absolute Gasteiger partial charge is 0.134 e. The Labute approximate surface area is 339 Å². The van der Waals surface area contributed by atoms with Gasteiger partial charge in [0.1, 0.15) is 50.7 Å². The van der Waals surface area contributed by atoms with Gasteiger partial charge in [0, 0.05) is 55.1 Å². The van der Waals surface area contributed by atoms with Crippen molar-refractivity contribution in [2.45, 2.75) is 0 Å². The molecule has 3 heterocycles. The van der Waals surface area contributed by atoms with Crippen LogP contribution in [-0.4, -0.2) is 63.1 Å². The van der Waals surface area contributed by atoms with E-state index in [1.54, 1.807) is 4.57 Å². The van der Waals surface area contributed by atoms with Gasteiger partial charge in [0.25, 0.3) is 0 Å². The summed E-state index contributed by atoms with van der Waals surface area (Å²) in [5, 5.41) is 29.4. The molecule has 0 unspecified atom stereocenters. The maximum absolute atomic E-state index is 12.5. The Morgan fingerprint density at radius 3 is 1.47 bits per heavy atom. The first-order chi connectivity index (χ1) is 28.2. The highest BCUT2D eigenvalue weighted by Crippen LogP contribution is 2.46. The Bertz CT molecular complexity index is 3520. The minimum Gasteiger partial charge on any atom is -0.507 e. The van der Waals surface area contributed by atoms with Crippen LogP contribution in [0.1, 0.15) is 0 Å². The number of aromatic nitrogens is 3. The van der Waals surface area contributed by atoms with Gasteiger partial charge in [-0.05, 0) is 77.8 Å². The van der Waals surface area contributed by atoms with Crippen molar-refractivity contribution in [1.29, 1.82) is 0 Å². The molecule has 0 bridgehead atoms. The van der Waals surface area contributed by atoms with Crippen LogP contribution in [0.2, 0.25) is 0 Å². The molecule has 58 heavy (non-hydrogen) atoms. The van der Waals surface area contributed by atoms with Gasteiger partial charge >= 0.3 is 0 Å². The number of rotatable bonds is 4. The van der Waals surface area contributed by atoms with Crippen molar-refractivity contribution in [3.05, 3.63) is 146 Å². The molecule has 0 saturated carbocycles. The average Bonchev–Trinajstić information content (AvgIpc) is 3.90. The first-order valence-corrected chi connectivity index (χ1v) is 18.9. The lowest BCUT2D eigenvalue weighted by atomic mass is 9.65. The molecule has 5 nitrogen and oxygen atoms in total.